The van der Waals surface area contributed by atoms with Crippen molar-refractivity contribution in [1.82, 2.24) is 10.2 Å². The molecule has 1 saturated heterocycles. The summed E-state index contributed by atoms with van der Waals surface area (Å²) in [5.74, 6) is 0.0114. The molecule has 2 aromatic carbocycles. The number of fused-ring (bicyclic) bond motifs is 3. The summed E-state index contributed by atoms with van der Waals surface area (Å²) in [6, 6.07) is 16.5. The van der Waals surface area contributed by atoms with Crippen LogP contribution in [0.1, 0.15) is 56.1 Å². The molecule has 2 aromatic rings. The summed E-state index contributed by atoms with van der Waals surface area (Å²) in [5, 5.41) is 11.6. The molecule has 0 radical (unpaired) electrons. The number of nitrogens with one attached hydrogen (secondary N) is 1. The van der Waals surface area contributed by atoms with Crippen LogP contribution in [0, 0.1) is 11.8 Å². The Labute approximate surface area is 206 Å². The van der Waals surface area contributed by atoms with E-state index in [0.29, 0.717) is 50.9 Å². The molecule has 2 N–H and O–H groups in total. The third-order valence-electron chi connectivity index (χ3n) is 7.18. The van der Waals surface area contributed by atoms with Crippen LogP contribution in [0.5, 0.6) is 0 Å². The molecule has 1 aliphatic carbocycles. The van der Waals surface area contributed by atoms with Crippen molar-refractivity contribution in [2.24, 2.45) is 11.8 Å². The lowest BCUT2D eigenvalue weighted by molar-refractivity contribution is -0.139. The molecule has 4 rings (SSSR count). The highest BCUT2D eigenvalue weighted by Crippen LogP contribution is 2.44. The van der Waals surface area contributed by atoms with Gasteiger partial charge in [0.25, 0.3) is 0 Å². The Kier molecular flexibility index (Phi) is 8.06. The lowest BCUT2D eigenvalue weighted by Gasteiger charge is -2.39. The second-order valence-corrected chi connectivity index (χ2v) is 9.78. The maximum absolute atomic E-state index is 12.3. The van der Waals surface area contributed by atoms with Gasteiger partial charge in [-0.05, 0) is 53.4 Å². The number of alkyl carbamates (subject to hydrolysis) is 1. The molecule has 0 spiro atoms. The van der Waals surface area contributed by atoms with Crippen LogP contribution in [-0.4, -0.2) is 54.2 Å². The minimum absolute atomic E-state index is 0.0447. The van der Waals surface area contributed by atoms with Crippen molar-refractivity contribution < 1.29 is 24.2 Å². The molecule has 186 valence electrons. The van der Waals surface area contributed by atoms with Crippen molar-refractivity contribution in [2.75, 3.05) is 26.2 Å². The topological polar surface area (TPSA) is 95.9 Å². The van der Waals surface area contributed by atoms with E-state index >= 15 is 0 Å². The second-order valence-electron chi connectivity index (χ2n) is 9.78. The summed E-state index contributed by atoms with van der Waals surface area (Å²) < 4.78 is 5.57. The number of nitrogens with zero attached hydrogens (tertiary/aromatic N) is 1. The van der Waals surface area contributed by atoms with Crippen LogP contribution in [-0.2, 0) is 14.3 Å². The number of carbonyl (C=O) groups is 3. The fourth-order valence-corrected chi connectivity index (χ4v) is 5.03. The summed E-state index contributed by atoms with van der Waals surface area (Å²) in [7, 11) is 0. The Morgan fingerprint density at radius 1 is 1.00 bits per heavy atom. The van der Waals surface area contributed by atoms with E-state index in [9.17, 15) is 14.4 Å². The maximum atomic E-state index is 12.3. The van der Waals surface area contributed by atoms with Gasteiger partial charge in [-0.2, -0.15) is 0 Å². The number of rotatable bonds is 11. The Hall–Kier alpha value is -3.35. The normalized spacial score (nSPS) is 15.6. The number of ether oxygens (including phenoxy) is 1. The van der Waals surface area contributed by atoms with Gasteiger partial charge in [-0.25, -0.2) is 4.79 Å². The van der Waals surface area contributed by atoms with Gasteiger partial charge in [0.1, 0.15) is 6.61 Å². The lowest BCUT2D eigenvalue weighted by atomic mass is 9.93. The highest BCUT2D eigenvalue weighted by atomic mass is 16.5. The van der Waals surface area contributed by atoms with Gasteiger partial charge in [-0.15, -0.1) is 0 Å². The number of benzene rings is 2. The molecule has 2 amide bonds. The first-order valence-corrected chi connectivity index (χ1v) is 12.5. The Morgan fingerprint density at radius 2 is 1.63 bits per heavy atom. The highest BCUT2D eigenvalue weighted by Gasteiger charge is 2.31. The average molecular weight is 479 g/mol. The summed E-state index contributed by atoms with van der Waals surface area (Å²) >= 11 is 0. The van der Waals surface area contributed by atoms with Crippen molar-refractivity contribution in [3.63, 3.8) is 0 Å². The number of carboxylic acid groups (broad SMARTS) is 1. The van der Waals surface area contributed by atoms with E-state index in [1.165, 1.54) is 22.3 Å². The predicted molar refractivity (Wildman–Crippen MR) is 133 cm³/mol. The van der Waals surface area contributed by atoms with Gasteiger partial charge in [0, 0.05) is 38.4 Å². The minimum atomic E-state index is -0.782. The minimum Gasteiger partial charge on any atom is -0.481 e. The van der Waals surface area contributed by atoms with E-state index < -0.39 is 12.1 Å². The number of carboxylic acids is 1. The Morgan fingerprint density at radius 3 is 2.26 bits per heavy atom. The fourth-order valence-electron chi connectivity index (χ4n) is 5.03. The Bertz CT molecular complexity index is 1020. The van der Waals surface area contributed by atoms with Gasteiger partial charge in [0.2, 0.25) is 5.91 Å². The quantitative estimate of drug-likeness (QED) is 0.490. The molecule has 0 bridgehead atoms. The van der Waals surface area contributed by atoms with Gasteiger partial charge < -0.3 is 20.1 Å². The third-order valence-corrected chi connectivity index (χ3v) is 7.18. The monoisotopic (exact) mass is 478 g/mol. The average Bonchev–Trinajstić information content (AvgIpc) is 3.14. The van der Waals surface area contributed by atoms with Crippen LogP contribution in [0.25, 0.3) is 11.1 Å². The first-order chi connectivity index (χ1) is 16.9. The van der Waals surface area contributed by atoms with Gasteiger partial charge >= 0.3 is 12.1 Å². The molecule has 1 aliphatic heterocycles. The first-order valence-electron chi connectivity index (χ1n) is 12.5. The number of hydrogen-bond acceptors (Lipinski definition) is 4. The molecule has 1 fully saturated rings. The number of likely N-dealkylation sites (tertiary alicyclic amines) is 1. The number of carbonyl (C=O) groups excluding carboxylic acids is 2. The van der Waals surface area contributed by atoms with E-state index in [-0.39, 0.29) is 18.2 Å². The van der Waals surface area contributed by atoms with Crippen LogP contribution in [0.4, 0.5) is 4.79 Å². The Balaban J connectivity index is 1.12. The third kappa shape index (κ3) is 6.21. The SMILES string of the molecule is CC(CCNC(=O)OCC1c2ccccc2-c2ccccc21)CCC(=O)N1CC(CCC(=O)O)C1. The molecule has 1 unspecified atom stereocenters. The molecule has 35 heavy (non-hydrogen) atoms. The van der Waals surface area contributed by atoms with Crippen molar-refractivity contribution in [2.45, 2.75) is 44.9 Å². The number of hydrogen-bond donors (Lipinski definition) is 2. The van der Waals surface area contributed by atoms with Crippen LogP contribution >= 0.6 is 0 Å². The first kappa shape index (κ1) is 24.8. The van der Waals surface area contributed by atoms with Crippen molar-refractivity contribution >= 4 is 18.0 Å². The van der Waals surface area contributed by atoms with Crippen molar-refractivity contribution in [3.8, 4) is 11.1 Å². The zero-order valence-electron chi connectivity index (χ0n) is 20.2. The molecule has 1 atom stereocenters. The van der Waals surface area contributed by atoms with Crippen LogP contribution in [0.3, 0.4) is 0 Å². The summed E-state index contributed by atoms with van der Waals surface area (Å²) in [6.07, 6.45) is 2.42. The largest absolute Gasteiger partial charge is 0.481 e. The van der Waals surface area contributed by atoms with Crippen molar-refractivity contribution in [3.05, 3.63) is 59.7 Å². The maximum Gasteiger partial charge on any atom is 0.407 e. The van der Waals surface area contributed by atoms with Crippen LogP contribution in [0.2, 0.25) is 0 Å². The molecule has 7 nitrogen and oxygen atoms in total. The predicted octanol–water partition coefficient (Wildman–Crippen LogP) is 4.65. The zero-order valence-corrected chi connectivity index (χ0v) is 20.2. The highest BCUT2D eigenvalue weighted by molar-refractivity contribution is 5.79. The van der Waals surface area contributed by atoms with E-state index in [1.54, 1.807) is 0 Å². The summed E-state index contributed by atoms with van der Waals surface area (Å²) in [4.78, 5) is 37.1. The van der Waals surface area contributed by atoms with Gasteiger partial charge in [-0.3, -0.25) is 9.59 Å². The summed E-state index contributed by atoms with van der Waals surface area (Å²) in [6.45, 7) is 4.23. The van der Waals surface area contributed by atoms with E-state index in [2.05, 4.69) is 36.5 Å². The fraction of sp³-hybridized carbons (Fsp3) is 0.464. The summed E-state index contributed by atoms with van der Waals surface area (Å²) in [5.41, 5.74) is 4.79. The molecule has 7 heteroatoms. The zero-order chi connectivity index (χ0) is 24.8. The second kappa shape index (κ2) is 11.4. The van der Waals surface area contributed by atoms with Gasteiger partial charge in [-0.1, -0.05) is 55.5 Å². The lowest BCUT2D eigenvalue weighted by Crippen LogP contribution is -2.50. The smallest absolute Gasteiger partial charge is 0.407 e. The van der Waals surface area contributed by atoms with Crippen LogP contribution in [0.15, 0.2) is 48.5 Å². The molecular formula is C28H34N2O5. The van der Waals surface area contributed by atoms with E-state index in [1.807, 2.05) is 29.2 Å². The van der Waals surface area contributed by atoms with Crippen LogP contribution < -0.4 is 5.32 Å². The molecule has 0 aromatic heterocycles. The van der Waals surface area contributed by atoms with E-state index in [0.717, 1.165) is 12.8 Å². The molecule has 2 aliphatic rings. The molecular weight excluding hydrogens is 444 g/mol. The molecule has 1 heterocycles. The van der Waals surface area contributed by atoms with Gasteiger partial charge in [0.05, 0.1) is 0 Å². The van der Waals surface area contributed by atoms with E-state index in [4.69, 9.17) is 9.84 Å². The van der Waals surface area contributed by atoms with Gasteiger partial charge in [0.15, 0.2) is 0 Å². The standard InChI is InChI=1S/C28H34N2O5/c1-19(10-12-26(31)30-16-20(17-30)11-13-27(32)33)14-15-29-28(34)35-18-25-23-8-4-2-6-21(23)22-7-3-5-9-24(22)25/h2-9,19-20,25H,10-18H2,1H3,(H,29,34)(H,32,33). The number of aliphatic carboxylic acids is 1. The molecule has 0 saturated carbocycles. The number of amides is 2. The van der Waals surface area contributed by atoms with Crippen molar-refractivity contribution in [1.29, 1.82) is 0 Å².